The lowest BCUT2D eigenvalue weighted by Gasteiger charge is -2.11. The van der Waals surface area contributed by atoms with Gasteiger partial charge < -0.3 is 14.9 Å². The van der Waals surface area contributed by atoms with E-state index < -0.39 is 12.2 Å². The summed E-state index contributed by atoms with van der Waals surface area (Å²) in [5.74, 6) is -1.13. The molecular weight excluding hydrogens is 294 g/mol. The van der Waals surface area contributed by atoms with Gasteiger partial charge in [0.2, 0.25) is 0 Å². The number of hydrogen-bond donors (Lipinski definition) is 2. The Balaban J connectivity index is 3.07. The third-order valence-corrected chi connectivity index (χ3v) is 2.93. The first kappa shape index (κ1) is 17.5. The molecule has 1 rings (SSSR count). The van der Waals surface area contributed by atoms with Crippen molar-refractivity contribution >= 4 is 23.8 Å². The molecule has 1 unspecified atom stereocenters. The van der Waals surface area contributed by atoms with Crippen LogP contribution in [-0.2, 0) is 4.79 Å². The number of carbonyl (C=O) groups is 1. The Morgan fingerprint density at radius 2 is 1.95 bits per heavy atom. The zero-order valence-electron chi connectivity index (χ0n) is 12.5. The third kappa shape index (κ3) is 5.02. The van der Waals surface area contributed by atoms with Crippen LogP contribution in [0.25, 0.3) is 0 Å². The zero-order chi connectivity index (χ0) is 16.2. The molecular formula is C15H20ClNO4. The van der Waals surface area contributed by atoms with Gasteiger partial charge in [-0.3, -0.25) is 9.79 Å². The Morgan fingerprint density at radius 1 is 1.33 bits per heavy atom. The molecule has 1 atom stereocenters. The van der Waals surface area contributed by atoms with E-state index in [0.717, 1.165) is 0 Å². The summed E-state index contributed by atoms with van der Waals surface area (Å²) in [6.07, 6.45) is 0.420. The topological polar surface area (TPSA) is 79.1 Å². The van der Waals surface area contributed by atoms with Gasteiger partial charge in [0.1, 0.15) is 6.23 Å². The summed E-state index contributed by atoms with van der Waals surface area (Å²) in [7, 11) is 0. The highest BCUT2D eigenvalue weighted by atomic mass is 35.5. The number of aliphatic hydroxyl groups excluding tert-OH is 1. The minimum Gasteiger partial charge on any atom is -0.504 e. The average molecular weight is 314 g/mol. The number of ether oxygens (including phenoxy) is 1. The van der Waals surface area contributed by atoms with Gasteiger partial charge in [-0.2, -0.15) is 0 Å². The molecule has 0 aliphatic rings. The number of aliphatic imine (C=N–C) groups is 1. The summed E-state index contributed by atoms with van der Waals surface area (Å²) >= 11 is 5.94. The number of aliphatic hydroxyl groups is 1. The van der Waals surface area contributed by atoms with Crippen LogP contribution in [0.5, 0.6) is 11.5 Å². The van der Waals surface area contributed by atoms with Crippen molar-refractivity contribution in [2.24, 2.45) is 16.8 Å². The second-order valence-electron chi connectivity index (χ2n) is 5.35. The molecule has 0 aromatic heterocycles. The number of phenols is 1. The van der Waals surface area contributed by atoms with Gasteiger partial charge in [0, 0.05) is 22.9 Å². The number of halogens is 1. The fourth-order valence-corrected chi connectivity index (χ4v) is 1.54. The van der Waals surface area contributed by atoms with Gasteiger partial charge in [-0.1, -0.05) is 39.3 Å². The minimum absolute atomic E-state index is 0.0262. The number of esters is 1. The van der Waals surface area contributed by atoms with E-state index in [1.54, 1.807) is 13.8 Å². The molecule has 0 bridgehead atoms. The van der Waals surface area contributed by atoms with E-state index in [9.17, 15) is 15.0 Å². The van der Waals surface area contributed by atoms with Crippen LogP contribution in [0.1, 0.15) is 33.3 Å². The van der Waals surface area contributed by atoms with Crippen LogP contribution in [0, 0.1) is 11.8 Å². The van der Waals surface area contributed by atoms with E-state index in [1.165, 1.54) is 18.3 Å². The molecule has 0 saturated carbocycles. The molecule has 6 heteroatoms. The summed E-state index contributed by atoms with van der Waals surface area (Å²) in [5, 5.41) is 20.0. The molecule has 0 heterocycles. The van der Waals surface area contributed by atoms with E-state index in [-0.39, 0.29) is 28.9 Å². The minimum atomic E-state index is -0.884. The van der Waals surface area contributed by atoms with Gasteiger partial charge in [0.15, 0.2) is 11.5 Å². The molecule has 0 saturated heterocycles. The maximum Gasteiger partial charge on any atom is 0.313 e. The third-order valence-electron chi connectivity index (χ3n) is 2.71. The van der Waals surface area contributed by atoms with Gasteiger partial charge >= 0.3 is 5.97 Å². The number of nitrogens with zero attached hydrogens (tertiary/aromatic N) is 1. The van der Waals surface area contributed by atoms with Gasteiger partial charge in [-0.25, -0.2) is 0 Å². The largest absolute Gasteiger partial charge is 0.504 e. The SMILES string of the molecule is CC(C)C(=O)Oc1cc(Cl)cc(C=NC(O)C(C)C)c1O. The molecule has 0 spiro atoms. The first-order chi connectivity index (χ1) is 9.72. The van der Waals surface area contributed by atoms with Crippen LogP contribution in [0.2, 0.25) is 5.02 Å². The molecule has 0 aliphatic carbocycles. The van der Waals surface area contributed by atoms with Crippen molar-refractivity contribution < 1.29 is 19.7 Å². The Bertz CT molecular complexity index is 541. The molecule has 0 fully saturated rings. The Morgan fingerprint density at radius 3 is 2.48 bits per heavy atom. The number of hydrogen-bond acceptors (Lipinski definition) is 5. The molecule has 5 nitrogen and oxygen atoms in total. The number of phenolic OH excluding ortho intramolecular Hbond substituents is 1. The monoisotopic (exact) mass is 313 g/mol. The molecule has 21 heavy (non-hydrogen) atoms. The quantitative estimate of drug-likeness (QED) is 0.497. The summed E-state index contributed by atoms with van der Waals surface area (Å²) in [5.41, 5.74) is 0.272. The maximum absolute atomic E-state index is 11.6. The van der Waals surface area contributed by atoms with Crippen molar-refractivity contribution in [2.75, 3.05) is 0 Å². The lowest BCUT2D eigenvalue weighted by Crippen LogP contribution is -2.15. The zero-order valence-corrected chi connectivity index (χ0v) is 13.3. The van der Waals surface area contributed by atoms with Gasteiger partial charge in [-0.05, 0) is 12.0 Å². The van der Waals surface area contributed by atoms with Crippen molar-refractivity contribution in [1.29, 1.82) is 0 Å². The van der Waals surface area contributed by atoms with Crippen molar-refractivity contribution in [2.45, 2.75) is 33.9 Å². The van der Waals surface area contributed by atoms with E-state index in [2.05, 4.69) is 4.99 Å². The smallest absolute Gasteiger partial charge is 0.313 e. The first-order valence-corrected chi connectivity index (χ1v) is 7.05. The van der Waals surface area contributed by atoms with Gasteiger partial charge in [-0.15, -0.1) is 0 Å². The van der Waals surface area contributed by atoms with Crippen molar-refractivity contribution in [3.8, 4) is 11.5 Å². The predicted octanol–water partition coefficient (Wildman–Crippen LogP) is 3.00. The van der Waals surface area contributed by atoms with Crippen LogP contribution in [0.15, 0.2) is 17.1 Å². The van der Waals surface area contributed by atoms with Crippen molar-refractivity contribution in [3.63, 3.8) is 0 Å². The molecule has 0 radical (unpaired) electrons. The van der Waals surface area contributed by atoms with Crippen molar-refractivity contribution in [3.05, 3.63) is 22.7 Å². The van der Waals surface area contributed by atoms with E-state index in [0.29, 0.717) is 5.02 Å². The molecule has 2 N–H and O–H groups in total. The van der Waals surface area contributed by atoms with Gasteiger partial charge in [0.25, 0.3) is 0 Å². The molecule has 0 aliphatic heterocycles. The number of carbonyl (C=O) groups excluding carboxylic acids is 1. The highest BCUT2D eigenvalue weighted by Crippen LogP contribution is 2.33. The highest BCUT2D eigenvalue weighted by molar-refractivity contribution is 6.31. The van der Waals surface area contributed by atoms with E-state index in [1.807, 2.05) is 13.8 Å². The summed E-state index contributed by atoms with van der Waals surface area (Å²) in [6, 6.07) is 2.83. The van der Waals surface area contributed by atoms with Crippen LogP contribution in [0.3, 0.4) is 0 Å². The molecule has 1 aromatic rings. The Labute approximate surface area is 129 Å². The van der Waals surface area contributed by atoms with Crippen LogP contribution >= 0.6 is 11.6 Å². The summed E-state index contributed by atoms with van der Waals surface area (Å²) in [6.45, 7) is 7.00. The fraction of sp³-hybridized carbons (Fsp3) is 0.467. The average Bonchev–Trinajstić information content (AvgIpc) is 2.39. The van der Waals surface area contributed by atoms with Crippen LogP contribution < -0.4 is 4.74 Å². The highest BCUT2D eigenvalue weighted by Gasteiger charge is 2.16. The second-order valence-corrected chi connectivity index (χ2v) is 5.79. The second kappa shape index (κ2) is 7.43. The summed E-state index contributed by atoms with van der Waals surface area (Å²) < 4.78 is 5.08. The molecule has 116 valence electrons. The van der Waals surface area contributed by atoms with E-state index >= 15 is 0 Å². The van der Waals surface area contributed by atoms with Gasteiger partial charge in [0.05, 0.1) is 5.92 Å². The normalized spacial score (nSPS) is 13.1. The number of aromatic hydroxyl groups is 1. The molecule has 0 amide bonds. The van der Waals surface area contributed by atoms with Crippen LogP contribution in [0.4, 0.5) is 0 Å². The number of rotatable bonds is 5. The lowest BCUT2D eigenvalue weighted by atomic mass is 10.1. The standard InChI is InChI=1S/C15H20ClNO4/c1-8(2)14(19)17-7-10-5-11(16)6-12(13(10)18)21-15(20)9(3)4/h5-9,14,18-19H,1-4H3. The van der Waals surface area contributed by atoms with Crippen molar-refractivity contribution in [1.82, 2.24) is 0 Å². The summed E-state index contributed by atoms with van der Waals surface area (Å²) in [4.78, 5) is 15.5. The fourth-order valence-electron chi connectivity index (χ4n) is 1.33. The lowest BCUT2D eigenvalue weighted by molar-refractivity contribution is -0.137. The number of benzene rings is 1. The van der Waals surface area contributed by atoms with E-state index in [4.69, 9.17) is 16.3 Å². The first-order valence-electron chi connectivity index (χ1n) is 6.67. The Hall–Kier alpha value is -1.59. The molecule has 1 aromatic carbocycles. The predicted molar refractivity (Wildman–Crippen MR) is 82.0 cm³/mol. The van der Waals surface area contributed by atoms with Crippen LogP contribution in [-0.4, -0.2) is 28.6 Å². The Kier molecular flexibility index (Phi) is 6.18. The maximum atomic E-state index is 11.6.